The topological polar surface area (TPSA) is 55.2 Å². The Morgan fingerprint density at radius 3 is 2.63 bits per heavy atom. The fourth-order valence-electron chi connectivity index (χ4n) is 4.19. The molecule has 2 aliphatic heterocycles. The van der Waals surface area contributed by atoms with Gasteiger partial charge in [0.1, 0.15) is 18.0 Å². The van der Waals surface area contributed by atoms with Gasteiger partial charge in [0.15, 0.2) is 0 Å². The van der Waals surface area contributed by atoms with Crippen molar-refractivity contribution in [3.8, 4) is 5.69 Å². The second kappa shape index (κ2) is 7.77. The third kappa shape index (κ3) is 3.93. The zero-order valence-corrected chi connectivity index (χ0v) is 16.7. The first-order valence-electron chi connectivity index (χ1n) is 10.1. The van der Waals surface area contributed by atoms with Crippen LogP contribution in [0.2, 0.25) is 0 Å². The number of nitrogens with zero attached hydrogens (tertiary/aromatic N) is 4. The van der Waals surface area contributed by atoms with Gasteiger partial charge in [0.05, 0.1) is 24.9 Å². The number of aromatic nitrogens is 3. The summed E-state index contributed by atoms with van der Waals surface area (Å²) in [5.41, 5.74) is 3.64. The number of benzene rings is 2. The van der Waals surface area contributed by atoms with E-state index >= 15 is 0 Å². The van der Waals surface area contributed by atoms with Gasteiger partial charge in [-0.1, -0.05) is 6.07 Å². The molecule has 30 heavy (non-hydrogen) atoms. The van der Waals surface area contributed by atoms with Crippen LogP contribution >= 0.6 is 0 Å². The van der Waals surface area contributed by atoms with Crippen LogP contribution in [0, 0.1) is 18.6 Å². The highest BCUT2D eigenvalue weighted by Crippen LogP contribution is 2.32. The number of rotatable bonds is 5. The minimum Gasteiger partial charge on any atom is -0.378 e. The molecule has 0 amide bonds. The molecule has 3 aromatic rings. The van der Waals surface area contributed by atoms with Crippen LogP contribution < -0.4 is 5.32 Å². The van der Waals surface area contributed by atoms with Crippen LogP contribution in [-0.2, 0) is 4.74 Å². The van der Waals surface area contributed by atoms with E-state index in [1.807, 2.05) is 6.07 Å². The van der Waals surface area contributed by atoms with Gasteiger partial charge in [0.25, 0.3) is 0 Å². The molecule has 0 bridgehead atoms. The number of likely N-dealkylation sites (tertiary alicyclic amines) is 1. The molecular formula is C22H25F2N5O. The van der Waals surface area contributed by atoms with Crippen molar-refractivity contribution in [2.75, 3.05) is 31.6 Å². The van der Waals surface area contributed by atoms with E-state index in [0.717, 1.165) is 50.0 Å². The highest BCUT2D eigenvalue weighted by Gasteiger charge is 2.33. The molecule has 0 saturated carbocycles. The van der Waals surface area contributed by atoms with Crippen molar-refractivity contribution < 1.29 is 14.9 Å². The normalized spacial score (nSPS) is 19.8. The molecule has 1 N–H and O–H groups in total. The lowest BCUT2D eigenvalue weighted by atomic mass is 9.96. The molecule has 1 aromatic heterocycles. The van der Waals surface area contributed by atoms with Gasteiger partial charge in [-0.25, -0.2) is 13.5 Å². The number of anilines is 2. The van der Waals surface area contributed by atoms with E-state index in [1.54, 1.807) is 0 Å². The lowest BCUT2D eigenvalue weighted by molar-refractivity contribution is -0.0573. The molecule has 2 aromatic carbocycles. The number of halogens is 2. The van der Waals surface area contributed by atoms with E-state index in [1.165, 1.54) is 28.7 Å². The average Bonchev–Trinajstić information content (AvgIpc) is 3.29. The Bertz CT molecular complexity index is 1050. The van der Waals surface area contributed by atoms with Crippen LogP contribution in [0.1, 0.15) is 24.9 Å². The average molecular weight is 413 g/mol. The summed E-state index contributed by atoms with van der Waals surface area (Å²) in [5, 5.41) is 7.53. The van der Waals surface area contributed by atoms with Crippen LogP contribution in [0.15, 0.2) is 42.7 Å². The standard InChI is InChI=1S/C22H23F2N5O.H2/c1-14-4-16(15-2-3-28(10-15)21-11-30-12-21)6-19(5-14)26-22-25-13-29(27-22)20-8-17(23)7-18(24)9-20;/h4-9,13,15,21H,2-3,10-12H2,1H3,(H,26,27);1H/t15-;/m0./s1. The summed E-state index contributed by atoms with van der Waals surface area (Å²) < 4.78 is 33.6. The highest BCUT2D eigenvalue weighted by atomic mass is 19.1. The van der Waals surface area contributed by atoms with Gasteiger partial charge in [-0.3, -0.25) is 4.90 Å². The van der Waals surface area contributed by atoms with Crippen molar-refractivity contribution in [2.24, 2.45) is 0 Å². The van der Waals surface area contributed by atoms with E-state index in [4.69, 9.17) is 4.74 Å². The Hall–Kier alpha value is -2.84. The number of hydrogen-bond acceptors (Lipinski definition) is 5. The predicted molar refractivity (Wildman–Crippen MR) is 111 cm³/mol. The zero-order valence-electron chi connectivity index (χ0n) is 16.7. The molecule has 6 nitrogen and oxygen atoms in total. The van der Waals surface area contributed by atoms with Crippen molar-refractivity contribution in [1.29, 1.82) is 0 Å². The van der Waals surface area contributed by atoms with Gasteiger partial charge in [0, 0.05) is 19.7 Å². The van der Waals surface area contributed by atoms with Crippen molar-refractivity contribution in [3.05, 3.63) is 65.5 Å². The Balaban J connectivity index is 0.00000231. The van der Waals surface area contributed by atoms with Crippen LogP contribution in [0.3, 0.4) is 0 Å². The van der Waals surface area contributed by atoms with Gasteiger partial charge >= 0.3 is 0 Å². The summed E-state index contributed by atoms with van der Waals surface area (Å²) in [4.78, 5) is 6.75. The summed E-state index contributed by atoms with van der Waals surface area (Å²) in [6.07, 6.45) is 2.57. The summed E-state index contributed by atoms with van der Waals surface area (Å²) >= 11 is 0. The molecule has 0 spiro atoms. The molecule has 2 saturated heterocycles. The predicted octanol–water partition coefficient (Wildman–Crippen LogP) is 4.03. The first-order chi connectivity index (χ1) is 14.5. The van der Waals surface area contributed by atoms with Crippen molar-refractivity contribution >= 4 is 11.6 Å². The molecule has 158 valence electrons. The Morgan fingerprint density at radius 2 is 1.90 bits per heavy atom. The van der Waals surface area contributed by atoms with Gasteiger partial charge in [-0.15, -0.1) is 5.10 Å². The smallest absolute Gasteiger partial charge is 0.246 e. The SMILES string of the molecule is Cc1cc(Nc2ncn(-c3cc(F)cc(F)c3)n2)cc([C@H]2CCN(C3COC3)C2)c1.[HH]. The summed E-state index contributed by atoms with van der Waals surface area (Å²) in [6, 6.07) is 10.2. The quantitative estimate of drug-likeness (QED) is 0.684. The molecule has 3 heterocycles. The van der Waals surface area contributed by atoms with E-state index in [2.05, 4.69) is 39.4 Å². The zero-order chi connectivity index (χ0) is 20.7. The molecule has 2 fully saturated rings. The maximum absolute atomic E-state index is 13.5. The van der Waals surface area contributed by atoms with Crippen molar-refractivity contribution in [2.45, 2.75) is 25.3 Å². The monoisotopic (exact) mass is 413 g/mol. The van der Waals surface area contributed by atoms with Gasteiger partial charge < -0.3 is 10.1 Å². The van der Waals surface area contributed by atoms with E-state index in [-0.39, 0.29) is 7.11 Å². The number of hydrogen-bond donors (Lipinski definition) is 1. The molecular weight excluding hydrogens is 388 g/mol. The van der Waals surface area contributed by atoms with E-state index in [9.17, 15) is 8.78 Å². The summed E-state index contributed by atoms with van der Waals surface area (Å²) in [7, 11) is 0. The molecule has 5 rings (SSSR count). The fourth-order valence-corrected chi connectivity index (χ4v) is 4.19. The van der Waals surface area contributed by atoms with Gasteiger partial charge in [-0.2, -0.15) is 4.98 Å². The Labute approximate surface area is 175 Å². The summed E-state index contributed by atoms with van der Waals surface area (Å²) in [6.45, 7) is 5.91. The highest BCUT2D eigenvalue weighted by molar-refractivity contribution is 5.56. The maximum atomic E-state index is 13.5. The van der Waals surface area contributed by atoms with Crippen LogP contribution in [0.25, 0.3) is 5.69 Å². The van der Waals surface area contributed by atoms with E-state index < -0.39 is 11.6 Å². The Kier molecular flexibility index (Phi) is 4.96. The number of ether oxygens (including phenoxy) is 1. The lowest BCUT2D eigenvalue weighted by Crippen LogP contribution is -2.47. The first-order valence-corrected chi connectivity index (χ1v) is 10.1. The number of aryl methyl sites for hydroxylation is 1. The second-order valence-corrected chi connectivity index (χ2v) is 8.07. The molecule has 1 atom stereocenters. The lowest BCUT2D eigenvalue weighted by Gasteiger charge is -2.34. The fraction of sp³-hybridized carbons (Fsp3) is 0.364. The first kappa shape index (κ1) is 19.1. The largest absolute Gasteiger partial charge is 0.378 e. The minimum absolute atomic E-state index is 0. The van der Waals surface area contributed by atoms with Crippen LogP contribution in [0.4, 0.5) is 20.4 Å². The Morgan fingerprint density at radius 1 is 1.10 bits per heavy atom. The molecule has 8 heteroatoms. The molecule has 0 unspecified atom stereocenters. The third-order valence-corrected chi connectivity index (χ3v) is 5.79. The third-order valence-electron chi connectivity index (χ3n) is 5.79. The molecule has 2 aliphatic rings. The van der Waals surface area contributed by atoms with E-state index in [0.29, 0.717) is 17.9 Å². The number of nitrogens with one attached hydrogen (secondary N) is 1. The second-order valence-electron chi connectivity index (χ2n) is 8.07. The van der Waals surface area contributed by atoms with Crippen LogP contribution in [-0.4, -0.2) is 52.0 Å². The van der Waals surface area contributed by atoms with Crippen molar-refractivity contribution in [3.63, 3.8) is 0 Å². The maximum Gasteiger partial charge on any atom is 0.246 e. The van der Waals surface area contributed by atoms with Crippen molar-refractivity contribution in [1.82, 2.24) is 19.7 Å². The van der Waals surface area contributed by atoms with Crippen LogP contribution in [0.5, 0.6) is 0 Å². The molecule has 0 radical (unpaired) electrons. The summed E-state index contributed by atoms with van der Waals surface area (Å²) in [5.74, 6) is -0.447. The minimum atomic E-state index is -0.655. The molecule has 0 aliphatic carbocycles. The van der Waals surface area contributed by atoms with Gasteiger partial charge in [-0.05, 0) is 61.2 Å². The van der Waals surface area contributed by atoms with Gasteiger partial charge in [0.2, 0.25) is 5.95 Å².